The second-order valence-electron chi connectivity index (χ2n) is 6.04. The Kier molecular flexibility index (Phi) is 4.65. The van der Waals surface area contributed by atoms with E-state index < -0.39 is 9.84 Å². The van der Waals surface area contributed by atoms with E-state index in [0.717, 1.165) is 17.6 Å². The van der Waals surface area contributed by atoms with Gasteiger partial charge in [-0.05, 0) is 50.2 Å². The molecule has 0 saturated heterocycles. The van der Waals surface area contributed by atoms with Crippen molar-refractivity contribution in [1.29, 1.82) is 0 Å². The molecule has 0 aliphatic carbocycles. The van der Waals surface area contributed by atoms with Crippen LogP contribution in [0.25, 0.3) is 5.69 Å². The van der Waals surface area contributed by atoms with Gasteiger partial charge in [0.2, 0.25) is 0 Å². The summed E-state index contributed by atoms with van der Waals surface area (Å²) in [5.41, 5.74) is 3.45. The second-order valence-corrected chi connectivity index (χ2v) is 8.06. The summed E-state index contributed by atoms with van der Waals surface area (Å²) in [5.74, 6) is -0.316. The number of hydrogen-bond donors (Lipinski definition) is 1. The van der Waals surface area contributed by atoms with Gasteiger partial charge in [-0.1, -0.05) is 18.2 Å². The van der Waals surface area contributed by atoms with Crippen LogP contribution in [0.4, 0.5) is 5.69 Å². The monoisotopic (exact) mass is 369 g/mol. The van der Waals surface area contributed by atoms with E-state index >= 15 is 0 Å². The maximum absolute atomic E-state index is 12.5. The van der Waals surface area contributed by atoms with Crippen molar-refractivity contribution in [3.63, 3.8) is 0 Å². The van der Waals surface area contributed by atoms with Crippen LogP contribution >= 0.6 is 0 Å². The van der Waals surface area contributed by atoms with E-state index in [1.807, 2.05) is 44.2 Å². The molecule has 3 aromatic rings. The number of carbonyl (C=O) groups is 1. The van der Waals surface area contributed by atoms with E-state index in [1.165, 1.54) is 24.3 Å². The van der Waals surface area contributed by atoms with Crippen LogP contribution in [0.15, 0.2) is 59.5 Å². The lowest BCUT2D eigenvalue weighted by atomic mass is 10.2. The molecule has 26 heavy (non-hydrogen) atoms. The summed E-state index contributed by atoms with van der Waals surface area (Å²) in [5, 5.41) is 7.37. The van der Waals surface area contributed by atoms with E-state index in [0.29, 0.717) is 16.9 Å². The Bertz CT molecular complexity index is 1050. The molecule has 0 fully saturated rings. The number of sulfone groups is 1. The number of amides is 1. The number of benzene rings is 2. The smallest absolute Gasteiger partial charge is 0.255 e. The Morgan fingerprint density at radius 1 is 1.00 bits per heavy atom. The third kappa shape index (κ3) is 3.52. The minimum Gasteiger partial charge on any atom is -0.319 e. The molecule has 0 aliphatic heterocycles. The minimum atomic E-state index is -3.29. The highest BCUT2D eigenvalue weighted by Crippen LogP contribution is 2.23. The molecule has 0 bridgehead atoms. The van der Waals surface area contributed by atoms with Gasteiger partial charge in [0, 0.05) is 11.8 Å². The van der Waals surface area contributed by atoms with Crippen LogP contribution in [0.5, 0.6) is 0 Å². The van der Waals surface area contributed by atoms with Gasteiger partial charge in [0.05, 0.1) is 27.7 Å². The molecular formula is C19H19N3O3S. The number of hydrogen-bond acceptors (Lipinski definition) is 4. The summed E-state index contributed by atoms with van der Waals surface area (Å²) in [7, 11) is -3.29. The SMILES string of the molecule is Cc1nn(-c2ccccc2)c(C)c1NC(=O)c1ccc(S(C)(=O)=O)cc1. The first-order valence-corrected chi connectivity index (χ1v) is 9.89. The van der Waals surface area contributed by atoms with Gasteiger partial charge in [-0.25, -0.2) is 13.1 Å². The number of aryl methyl sites for hydroxylation is 1. The molecule has 0 radical (unpaired) electrons. The number of nitrogens with one attached hydrogen (secondary N) is 1. The average Bonchev–Trinajstić information content (AvgIpc) is 2.90. The molecule has 1 aromatic heterocycles. The van der Waals surface area contributed by atoms with Crippen LogP contribution in [0, 0.1) is 13.8 Å². The van der Waals surface area contributed by atoms with Crippen LogP contribution in [-0.4, -0.2) is 30.4 Å². The Labute approximate surface area is 152 Å². The topological polar surface area (TPSA) is 81.1 Å². The van der Waals surface area contributed by atoms with Gasteiger partial charge in [-0.2, -0.15) is 5.10 Å². The first kappa shape index (κ1) is 17.9. The normalized spacial score (nSPS) is 11.3. The lowest BCUT2D eigenvalue weighted by Crippen LogP contribution is -2.13. The summed E-state index contributed by atoms with van der Waals surface area (Å²) < 4.78 is 24.8. The summed E-state index contributed by atoms with van der Waals surface area (Å²) in [6.45, 7) is 3.71. The van der Waals surface area contributed by atoms with Crippen LogP contribution in [0.3, 0.4) is 0 Å². The highest BCUT2D eigenvalue weighted by molar-refractivity contribution is 7.90. The largest absolute Gasteiger partial charge is 0.319 e. The van der Waals surface area contributed by atoms with Crippen molar-refractivity contribution in [2.75, 3.05) is 11.6 Å². The van der Waals surface area contributed by atoms with E-state index in [2.05, 4.69) is 10.4 Å². The van der Waals surface area contributed by atoms with Crippen LogP contribution in [-0.2, 0) is 9.84 Å². The second kappa shape index (κ2) is 6.76. The zero-order valence-corrected chi connectivity index (χ0v) is 15.5. The molecule has 1 N–H and O–H groups in total. The van der Waals surface area contributed by atoms with Crippen LogP contribution < -0.4 is 5.32 Å². The molecule has 3 rings (SSSR count). The van der Waals surface area contributed by atoms with Crippen molar-refractivity contribution in [1.82, 2.24) is 9.78 Å². The Balaban J connectivity index is 1.87. The Morgan fingerprint density at radius 2 is 1.62 bits per heavy atom. The molecule has 6 nitrogen and oxygen atoms in total. The van der Waals surface area contributed by atoms with E-state index in [1.54, 1.807) is 4.68 Å². The van der Waals surface area contributed by atoms with Gasteiger partial charge >= 0.3 is 0 Å². The minimum absolute atomic E-state index is 0.179. The standard InChI is InChI=1S/C19H19N3O3S/c1-13-18(14(2)22(21-13)16-7-5-4-6-8-16)20-19(23)15-9-11-17(12-10-15)26(3,24)25/h4-12H,1-3H3,(H,20,23). The molecule has 0 spiro atoms. The zero-order chi connectivity index (χ0) is 18.9. The highest BCUT2D eigenvalue weighted by Gasteiger charge is 2.16. The van der Waals surface area contributed by atoms with Crippen molar-refractivity contribution >= 4 is 21.4 Å². The number of nitrogens with zero attached hydrogens (tertiary/aromatic N) is 2. The fourth-order valence-electron chi connectivity index (χ4n) is 2.68. The zero-order valence-electron chi connectivity index (χ0n) is 14.7. The molecule has 2 aromatic carbocycles. The predicted molar refractivity (Wildman–Crippen MR) is 101 cm³/mol. The lowest BCUT2D eigenvalue weighted by molar-refractivity contribution is 0.102. The van der Waals surface area contributed by atoms with Gasteiger partial charge in [0.1, 0.15) is 0 Å². The maximum atomic E-state index is 12.5. The van der Waals surface area contributed by atoms with Gasteiger partial charge in [0.25, 0.3) is 5.91 Å². The summed E-state index contributed by atoms with van der Waals surface area (Å²) in [6.07, 6.45) is 1.13. The van der Waals surface area contributed by atoms with E-state index in [4.69, 9.17) is 0 Å². The average molecular weight is 369 g/mol. The summed E-state index contributed by atoms with van der Waals surface area (Å²) >= 11 is 0. The van der Waals surface area contributed by atoms with Crippen molar-refractivity contribution in [2.45, 2.75) is 18.7 Å². The Morgan fingerprint density at radius 3 is 2.19 bits per heavy atom. The molecule has 0 saturated carbocycles. The quantitative estimate of drug-likeness (QED) is 0.766. The van der Waals surface area contributed by atoms with Gasteiger partial charge < -0.3 is 5.32 Å². The van der Waals surface area contributed by atoms with Crippen molar-refractivity contribution in [2.24, 2.45) is 0 Å². The van der Waals surface area contributed by atoms with Gasteiger partial charge in [-0.3, -0.25) is 4.79 Å². The van der Waals surface area contributed by atoms with E-state index in [-0.39, 0.29) is 10.8 Å². The van der Waals surface area contributed by atoms with Gasteiger partial charge in [0.15, 0.2) is 9.84 Å². The molecule has 0 unspecified atom stereocenters. The molecule has 7 heteroatoms. The first-order valence-electron chi connectivity index (χ1n) is 8.00. The number of rotatable bonds is 4. The third-order valence-electron chi connectivity index (χ3n) is 4.08. The first-order chi connectivity index (χ1) is 12.3. The molecular weight excluding hydrogens is 350 g/mol. The van der Waals surface area contributed by atoms with Crippen LogP contribution in [0.1, 0.15) is 21.7 Å². The molecule has 0 aliphatic rings. The Hall–Kier alpha value is -2.93. The fraction of sp³-hybridized carbons (Fsp3) is 0.158. The predicted octanol–water partition coefficient (Wildman–Crippen LogP) is 3.14. The number of carbonyl (C=O) groups excluding carboxylic acids is 1. The molecule has 1 amide bonds. The number of aromatic nitrogens is 2. The lowest BCUT2D eigenvalue weighted by Gasteiger charge is -2.08. The summed E-state index contributed by atoms with van der Waals surface area (Å²) in [4.78, 5) is 12.7. The highest BCUT2D eigenvalue weighted by atomic mass is 32.2. The maximum Gasteiger partial charge on any atom is 0.255 e. The fourth-order valence-corrected chi connectivity index (χ4v) is 3.31. The molecule has 134 valence electrons. The number of anilines is 1. The van der Waals surface area contributed by atoms with Crippen molar-refractivity contribution in [3.8, 4) is 5.69 Å². The van der Waals surface area contributed by atoms with Gasteiger partial charge in [-0.15, -0.1) is 0 Å². The van der Waals surface area contributed by atoms with Crippen molar-refractivity contribution < 1.29 is 13.2 Å². The number of para-hydroxylation sites is 1. The summed E-state index contributed by atoms with van der Waals surface area (Å²) in [6, 6.07) is 15.5. The molecule has 0 atom stereocenters. The third-order valence-corrected chi connectivity index (χ3v) is 5.20. The van der Waals surface area contributed by atoms with E-state index in [9.17, 15) is 13.2 Å². The van der Waals surface area contributed by atoms with Crippen molar-refractivity contribution in [3.05, 3.63) is 71.5 Å². The van der Waals surface area contributed by atoms with Crippen LogP contribution in [0.2, 0.25) is 0 Å². The molecule has 1 heterocycles.